The van der Waals surface area contributed by atoms with Crippen molar-refractivity contribution in [2.24, 2.45) is 0 Å². The van der Waals surface area contributed by atoms with Gasteiger partial charge in [-0.25, -0.2) is 4.68 Å². The van der Waals surface area contributed by atoms with Crippen molar-refractivity contribution in [1.29, 1.82) is 0 Å². The van der Waals surface area contributed by atoms with Gasteiger partial charge in [0.1, 0.15) is 6.33 Å². The Balaban J connectivity index is 1.80. The highest BCUT2D eigenvalue weighted by atomic mass is 16.3. The fourth-order valence-electron chi connectivity index (χ4n) is 2.55. The summed E-state index contributed by atoms with van der Waals surface area (Å²) in [4.78, 5) is 4.30. The number of aryl methyl sites for hydroxylation is 1. The van der Waals surface area contributed by atoms with Crippen LogP contribution in [0.3, 0.4) is 0 Å². The van der Waals surface area contributed by atoms with Crippen LogP contribution >= 0.6 is 0 Å². The zero-order valence-corrected chi connectivity index (χ0v) is 13.3. The van der Waals surface area contributed by atoms with E-state index in [1.54, 1.807) is 17.9 Å². The fourth-order valence-corrected chi connectivity index (χ4v) is 2.55. The van der Waals surface area contributed by atoms with Crippen LogP contribution in [0.1, 0.15) is 18.1 Å². The standard InChI is InChI=1S/C18H20N4O/c1-13-8-15(10-14(2)23)11-16(9-13)20-18-19-12-22(21-18)17-6-4-3-5-7-17/h3-9,11-12,14,23H,10H2,1-2H3,(H,20,21). The van der Waals surface area contributed by atoms with E-state index < -0.39 is 0 Å². The first-order valence-corrected chi connectivity index (χ1v) is 7.63. The topological polar surface area (TPSA) is 63.0 Å². The summed E-state index contributed by atoms with van der Waals surface area (Å²) in [5.74, 6) is 0.544. The van der Waals surface area contributed by atoms with Crippen LogP contribution in [-0.4, -0.2) is 26.0 Å². The van der Waals surface area contributed by atoms with Crippen molar-refractivity contribution in [2.45, 2.75) is 26.4 Å². The number of anilines is 2. The highest BCUT2D eigenvalue weighted by Gasteiger charge is 2.06. The molecule has 23 heavy (non-hydrogen) atoms. The summed E-state index contributed by atoms with van der Waals surface area (Å²) in [5.41, 5.74) is 4.11. The number of nitrogens with zero attached hydrogens (tertiary/aromatic N) is 3. The second-order valence-corrected chi connectivity index (χ2v) is 5.73. The quantitative estimate of drug-likeness (QED) is 0.759. The zero-order valence-electron chi connectivity index (χ0n) is 13.3. The van der Waals surface area contributed by atoms with Crippen molar-refractivity contribution in [3.05, 3.63) is 66.0 Å². The fraction of sp³-hybridized carbons (Fsp3) is 0.222. The van der Waals surface area contributed by atoms with Gasteiger partial charge in [0.05, 0.1) is 11.8 Å². The lowest BCUT2D eigenvalue weighted by Crippen LogP contribution is -2.05. The number of nitrogens with one attached hydrogen (secondary N) is 1. The highest BCUT2D eigenvalue weighted by molar-refractivity contribution is 5.56. The Bertz CT molecular complexity index is 781. The summed E-state index contributed by atoms with van der Waals surface area (Å²) in [6.45, 7) is 3.82. The van der Waals surface area contributed by atoms with E-state index >= 15 is 0 Å². The van der Waals surface area contributed by atoms with Crippen molar-refractivity contribution in [3.63, 3.8) is 0 Å². The predicted octanol–water partition coefficient (Wildman–Crippen LogP) is 3.24. The van der Waals surface area contributed by atoms with Crippen LogP contribution in [0.15, 0.2) is 54.9 Å². The third-order valence-electron chi connectivity index (χ3n) is 3.44. The van der Waals surface area contributed by atoms with Gasteiger partial charge in [-0.05, 0) is 55.7 Å². The number of para-hydroxylation sites is 1. The minimum absolute atomic E-state index is 0.361. The number of hydrogen-bond acceptors (Lipinski definition) is 4. The van der Waals surface area contributed by atoms with E-state index in [0.29, 0.717) is 12.4 Å². The molecule has 5 heteroatoms. The van der Waals surface area contributed by atoms with E-state index in [-0.39, 0.29) is 6.10 Å². The van der Waals surface area contributed by atoms with Crippen molar-refractivity contribution in [3.8, 4) is 5.69 Å². The van der Waals surface area contributed by atoms with Crippen molar-refractivity contribution in [1.82, 2.24) is 14.8 Å². The molecule has 0 amide bonds. The van der Waals surface area contributed by atoms with Crippen molar-refractivity contribution in [2.75, 3.05) is 5.32 Å². The summed E-state index contributed by atoms with van der Waals surface area (Å²) in [6.07, 6.45) is 1.95. The summed E-state index contributed by atoms with van der Waals surface area (Å²) >= 11 is 0. The van der Waals surface area contributed by atoms with Gasteiger partial charge in [-0.15, -0.1) is 5.10 Å². The van der Waals surface area contributed by atoms with E-state index in [1.165, 1.54) is 0 Å². The summed E-state index contributed by atoms with van der Waals surface area (Å²) in [7, 11) is 0. The lowest BCUT2D eigenvalue weighted by molar-refractivity contribution is 0.195. The predicted molar refractivity (Wildman–Crippen MR) is 91.2 cm³/mol. The molecule has 118 valence electrons. The second-order valence-electron chi connectivity index (χ2n) is 5.73. The Morgan fingerprint density at radius 2 is 1.96 bits per heavy atom. The minimum Gasteiger partial charge on any atom is -0.393 e. The summed E-state index contributed by atoms with van der Waals surface area (Å²) in [6, 6.07) is 16.0. The molecule has 1 atom stereocenters. The van der Waals surface area contributed by atoms with Gasteiger partial charge in [0.25, 0.3) is 0 Å². The first-order valence-electron chi connectivity index (χ1n) is 7.63. The summed E-state index contributed by atoms with van der Waals surface area (Å²) < 4.78 is 1.73. The molecule has 1 aromatic heterocycles. The van der Waals surface area contributed by atoms with E-state index in [4.69, 9.17) is 0 Å². The molecule has 2 N–H and O–H groups in total. The van der Waals surface area contributed by atoms with E-state index in [2.05, 4.69) is 21.5 Å². The first-order chi connectivity index (χ1) is 11.1. The smallest absolute Gasteiger partial charge is 0.246 e. The molecule has 3 rings (SSSR count). The maximum atomic E-state index is 9.56. The zero-order chi connectivity index (χ0) is 16.2. The van der Waals surface area contributed by atoms with Crippen LogP contribution < -0.4 is 5.32 Å². The first kappa shape index (κ1) is 15.2. The molecule has 0 aliphatic rings. The van der Waals surface area contributed by atoms with E-state index in [1.807, 2.05) is 49.4 Å². The molecule has 0 radical (unpaired) electrons. The molecule has 5 nitrogen and oxygen atoms in total. The van der Waals surface area contributed by atoms with Gasteiger partial charge in [0.15, 0.2) is 0 Å². The number of hydrogen-bond donors (Lipinski definition) is 2. The third-order valence-corrected chi connectivity index (χ3v) is 3.44. The number of aromatic nitrogens is 3. The lowest BCUT2D eigenvalue weighted by Gasteiger charge is -2.09. The van der Waals surface area contributed by atoms with Crippen molar-refractivity contribution < 1.29 is 5.11 Å². The monoisotopic (exact) mass is 308 g/mol. The Morgan fingerprint density at radius 3 is 2.70 bits per heavy atom. The number of benzene rings is 2. The maximum Gasteiger partial charge on any atom is 0.246 e. The number of aliphatic hydroxyl groups excluding tert-OH is 1. The SMILES string of the molecule is Cc1cc(CC(C)O)cc(Nc2ncn(-c3ccccc3)n2)c1. The third kappa shape index (κ3) is 3.96. The molecule has 2 aromatic carbocycles. The second kappa shape index (κ2) is 6.62. The molecular formula is C18H20N4O. The molecule has 0 aliphatic carbocycles. The van der Waals surface area contributed by atoms with Crippen LogP contribution in [0.5, 0.6) is 0 Å². The number of aliphatic hydroxyl groups is 1. The van der Waals surface area contributed by atoms with E-state index in [0.717, 1.165) is 22.5 Å². The van der Waals surface area contributed by atoms with Gasteiger partial charge in [-0.3, -0.25) is 0 Å². The molecule has 0 saturated carbocycles. The van der Waals surface area contributed by atoms with Crippen molar-refractivity contribution >= 4 is 11.6 Å². The van der Waals surface area contributed by atoms with Gasteiger partial charge in [-0.2, -0.15) is 4.98 Å². The highest BCUT2D eigenvalue weighted by Crippen LogP contribution is 2.19. The molecule has 1 heterocycles. The van der Waals surface area contributed by atoms with Gasteiger partial charge in [-0.1, -0.05) is 24.3 Å². The Morgan fingerprint density at radius 1 is 1.17 bits per heavy atom. The normalized spacial score (nSPS) is 12.1. The summed E-state index contributed by atoms with van der Waals surface area (Å²) in [5, 5.41) is 17.2. The molecule has 0 bridgehead atoms. The van der Waals surface area contributed by atoms with Crippen LogP contribution in [0, 0.1) is 6.92 Å². The van der Waals surface area contributed by atoms with E-state index in [9.17, 15) is 5.11 Å². The van der Waals surface area contributed by atoms with Gasteiger partial charge in [0, 0.05) is 5.69 Å². The average molecular weight is 308 g/mol. The maximum absolute atomic E-state index is 9.56. The molecule has 0 aliphatic heterocycles. The van der Waals surface area contributed by atoms with Crippen LogP contribution in [0.2, 0.25) is 0 Å². The molecule has 3 aromatic rings. The Labute approximate surface area is 135 Å². The molecule has 0 saturated heterocycles. The van der Waals surface area contributed by atoms with Gasteiger partial charge >= 0.3 is 0 Å². The van der Waals surface area contributed by atoms with Crippen LogP contribution in [0.25, 0.3) is 5.69 Å². The lowest BCUT2D eigenvalue weighted by atomic mass is 10.1. The molecule has 0 spiro atoms. The minimum atomic E-state index is -0.361. The Kier molecular flexibility index (Phi) is 4.39. The average Bonchev–Trinajstić information content (AvgIpc) is 2.95. The molecule has 1 unspecified atom stereocenters. The largest absolute Gasteiger partial charge is 0.393 e. The van der Waals surface area contributed by atoms with Gasteiger partial charge < -0.3 is 10.4 Å². The van der Waals surface area contributed by atoms with Crippen LogP contribution in [0.4, 0.5) is 11.6 Å². The molecular weight excluding hydrogens is 288 g/mol. The number of rotatable bonds is 5. The molecule has 0 fully saturated rings. The van der Waals surface area contributed by atoms with Crippen LogP contribution in [-0.2, 0) is 6.42 Å². The Hall–Kier alpha value is -2.66. The van der Waals surface area contributed by atoms with Gasteiger partial charge in [0.2, 0.25) is 5.95 Å².